The second kappa shape index (κ2) is 6.91. The van der Waals surface area contributed by atoms with E-state index in [1.807, 2.05) is 37.0 Å². The highest BCUT2D eigenvalue weighted by Crippen LogP contribution is 2.16. The van der Waals surface area contributed by atoms with E-state index in [1.54, 1.807) is 0 Å². The number of hydrogen-bond donors (Lipinski definition) is 1. The smallest absolute Gasteiger partial charge is 0.350 e. The quantitative estimate of drug-likeness (QED) is 0.493. The first-order valence-electron chi connectivity index (χ1n) is 7.06. The molecule has 0 bridgehead atoms. The standard InChI is InChI=1S/C15H17N3O5/c1-10-4-5-12(8-11(10)2)23-7-3-6-17-9-13(18(21)22)14(19)16-15(17)20/h4-5,8-9H,3,6-7H2,1-2H3,(H,16,19,20). The van der Waals surface area contributed by atoms with Crippen molar-refractivity contribution in [2.45, 2.75) is 26.8 Å². The van der Waals surface area contributed by atoms with Crippen molar-refractivity contribution in [1.82, 2.24) is 9.55 Å². The monoisotopic (exact) mass is 319 g/mol. The molecule has 1 aromatic heterocycles. The van der Waals surface area contributed by atoms with Crippen molar-refractivity contribution in [1.29, 1.82) is 0 Å². The molecule has 0 aliphatic rings. The summed E-state index contributed by atoms with van der Waals surface area (Å²) in [4.78, 5) is 34.7. The molecule has 0 atom stereocenters. The number of H-pyrrole nitrogens is 1. The van der Waals surface area contributed by atoms with Crippen LogP contribution in [-0.2, 0) is 6.54 Å². The predicted molar refractivity (Wildman–Crippen MR) is 84.0 cm³/mol. The molecule has 1 N–H and O–H groups in total. The van der Waals surface area contributed by atoms with Crippen LogP contribution in [0.4, 0.5) is 5.69 Å². The highest BCUT2D eigenvalue weighted by Gasteiger charge is 2.14. The number of aromatic amines is 1. The van der Waals surface area contributed by atoms with Crippen molar-refractivity contribution < 1.29 is 9.66 Å². The van der Waals surface area contributed by atoms with Gasteiger partial charge in [-0.2, -0.15) is 0 Å². The molecule has 0 saturated heterocycles. The molecule has 0 unspecified atom stereocenters. The van der Waals surface area contributed by atoms with Crippen LogP contribution >= 0.6 is 0 Å². The fourth-order valence-electron chi connectivity index (χ4n) is 2.02. The van der Waals surface area contributed by atoms with Gasteiger partial charge in [-0.25, -0.2) is 4.79 Å². The van der Waals surface area contributed by atoms with Gasteiger partial charge in [0.25, 0.3) is 0 Å². The van der Waals surface area contributed by atoms with Crippen LogP contribution in [0.25, 0.3) is 0 Å². The van der Waals surface area contributed by atoms with Crippen LogP contribution in [0.5, 0.6) is 5.75 Å². The number of benzene rings is 1. The van der Waals surface area contributed by atoms with Crippen LogP contribution in [0.2, 0.25) is 0 Å². The Morgan fingerprint density at radius 2 is 2.00 bits per heavy atom. The minimum Gasteiger partial charge on any atom is -0.494 e. The highest BCUT2D eigenvalue weighted by molar-refractivity contribution is 5.33. The first-order valence-corrected chi connectivity index (χ1v) is 7.06. The van der Waals surface area contributed by atoms with E-state index in [2.05, 4.69) is 0 Å². The third-order valence-electron chi connectivity index (χ3n) is 3.48. The van der Waals surface area contributed by atoms with E-state index in [9.17, 15) is 19.7 Å². The Morgan fingerprint density at radius 1 is 1.26 bits per heavy atom. The summed E-state index contributed by atoms with van der Waals surface area (Å²) in [5.41, 5.74) is -0.0338. The summed E-state index contributed by atoms with van der Waals surface area (Å²) in [7, 11) is 0. The van der Waals surface area contributed by atoms with E-state index in [1.165, 1.54) is 5.56 Å². The Morgan fingerprint density at radius 3 is 2.65 bits per heavy atom. The Hall–Kier alpha value is -2.90. The predicted octanol–water partition coefficient (Wildman–Crippen LogP) is 1.53. The van der Waals surface area contributed by atoms with Gasteiger partial charge >= 0.3 is 16.9 Å². The van der Waals surface area contributed by atoms with Crippen molar-refractivity contribution >= 4 is 5.69 Å². The zero-order valence-electron chi connectivity index (χ0n) is 12.9. The van der Waals surface area contributed by atoms with Crippen molar-refractivity contribution in [3.05, 3.63) is 66.5 Å². The second-order valence-electron chi connectivity index (χ2n) is 5.17. The van der Waals surface area contributed by atoms with Gasteiger partial charge in [0.05, 0.1) is 17.7 Å². The maximum Gasteiger partial charge on any atom is 0.350 e. The topological polar surface area (TPSA) is 107 Å². The van der Waals surface area contributed by atoms with Gasteiger partial charge in [-0.05, 0) is 43.5 Å². The first kappa shape index (κ1) is 16.5. The number of nitrogens with zero attached hydrogens (tertiary/aromatic N) is 2. The summed E-state index contributed by atoms with van der Waals surface area (Å²) in [5.74, 6) is 0.730. The summed E-state index contributed by atoms with van der Waals surface area (Å²) in [6.07, 6.45) is 1.42. The number of ether oxygens (including phenoxy) is 1. The Bertz CT molecular complexity index is 838. The molecule has 8 heteroatoms. The molecule has 0 radical (unpaired) electrons. The molecule has 2 rings (SSSR count). The molecule has 122 valence electrons. The molecule has 0 spiro atoms. The van der Waals surface area contributed by atoms with Crippen LogP contribution in [0.15, 0.2) is 34.0 Å². The minimum atomic E-state index is -0.998. The summed E-state index contributed by atoms with van der Waals surface area (Å²) in [6, 6.07) is 5.74. The molecule has 0 fully saturated rings. The molecule has 0 aliphatic carbocycles. The summed E-state index contributed by atoms with van der Waals surface area (Å²) in [5, 5.41) is 10.7. The summed E-state index contributed by atoms with van der Waals surface area (Å²) in [6.45, 7) is 4.55. The van der Waals surface area contributed by atoms with E-state index >= 15 is 0 Å². The van der Waals surface area contributed by atoms with E-state index in [0.29, 0.717) is 13.0 Å². The molecule has 0 saturated carbocycles. The lowest BCUT2D eigenvalue weighted by atomic mass is 10.1. The molecule has 1 aromatic carbocycles. The second-order valence-corrected chi connectivity index (χ2v) is 5.17. The van der Waals surface area contributed by atoms with Crippen LogP contribution in [0, 0.1) is 24.0 Å². The van der Waals surface area contributed by atoms with Gasteiger partial charge in [-0.1, -0.05) is 6.07 Å². The Kier molecular flexibility index (Phi) is 4.95. The molecule has 2 aromatic rings. The summed E-state index contributed by atoms with van der Waals surface area (Å²) < 4.78 is 6.68. The average molecular weight is 319 g/mol. The largest absolute Gasteiger partial charge is 0.494 e. The normalized spacial score (nSPS) is 10.5. The van der Waals surface area contributed by atoms with Crippen LogP contribution in [-0.4, -0.2) is 21.1 Å². The summed E-state index contributed by atoms with van der Waals surface area (Å²) >= 11 is 0. The van der Waals surface area contributed by atoms with Crippen molar-refractivity contribution in [3.63, 3.8) is 0 Å². The van der Waals surface area contributed by atoms with Gasteiger partial charge in [0, 0.05) is 6.54 Å². The molecule has 1 heterocycles. The lowest BCUT2D eigenvalue weighted by Crippen LogP contribution is -2.31. The number of hydrogen-bond acceptors (Lipinski definition) is 5. The third kappa shape index (κ3) is 4.06. The first-order chi connectivity index (χ1) is 10.9. The van der Waals surface area contributed by atoms with Crippen molar-refractivity contribution in [2.24, 2.45) is 0 Å². The number of nitro groups is 1. The highest BCUT2D eigenvalue weighted by atomic mass is 16.6. The maximum absolute atomic E-state index is 11.6. The van der Waals surface area contributed by atoms with Gasteiger partial charge in [0.2, 0.25) is 0 Å². The number of aromatic nitrogens is 2. The van der Waals surface area contributed by atoms with Crippen molar-refractivity contribution in [3.8, 4) is 5.75 Å². The lowest BCUT2D eigenvalue weighted by molar-refractivity contribution is -0.386. The van der Waals surface area contributed by atoms with Crippen molar-refractivity contribution in [2.75, 3.05) is 6.61 Å². The van der Waals surface area contributed by atoms with E-state index in [-0.39, 0.29) is 6.54 Å². The molecule has 0 aliphatic heterocycles. The van der Waals surface area contributed by atoms with Crippen LogP contribution in [0.3, 0.4) is 0 Å². The zero-order chi connectivity index (χ0) is 17.0. The molecular weight excluding hydrogens is 302 g/mol. The number of aryl methyl sites for hydroxylation is 3. The lowest BCUT2D eigenvalue weighted by Gasteiger charge is -2.09. The fourth-order valence-corrected chi connectivity index (χ4v) is 2.02. The maximum atomic E-state index is 11.6. The van der Waals surface area contributed by atoms with Gasteiger partial charge in [-0.3, -0.25) is 24.5 Å². The number of nitrogens with one attached hydrogen (secondary N) is 1. The van der Waals surface area contributed by atoms with Gasteiger partial charge in [-0.15, -0.1) is 0 Å². The number of rotatable bonds is 6. The fraction of sp³-hybridized carbons (Fsp3) is 0.333. The minimum absolute atomic E-state index is 0.210. The third-order valence-corrected chi connectivity index (χ3v) is 3.48. The molecule has 0 amide bonds. The SMILES string of the molecule is Cc1ccc(OCCCn2cc([N+](=O)[O-])c(=O)[nH]c2=O)cc1C. The van der Waals surface area contributed by atoms with Gasteiger partial charge in [0.1, 0.15) is 5.75 Å². The molecular formula is C15H17N3O5. The Balaban J connectivity index is 1.97. The Labute approximate surface area is 131 Å². The van der Waals surface area contributed by atoms with Gasteiger partial charge in [0.15, 0.2) is 0 Å². The average Bonchev–Trinajstić information content (AvgIpc) is 2.48. The van der Waals surface area contributed by atoms with E-state index in [0.717, 1.165) is 22.1 Å². The molecule has 23 heavy (non-hydrogen) atoms. The van der Waals surface area contributed by atoms with E-state index < -0.39 is 21.9 Å². The van der Waals surface area contributed by atoms with Crippen LogP contribution < -0.4 is 16.0 Å². The van der Waals surface area contributed by atoms with Gasteiger partial charge < -0.3 is 4.74 Å². The van der Waals surface area contributed by atoms with E-state index in [4.69, 9.17) is 4.74 Å². The molecule has 8 nitrogen and oxygen atoms in total. The zero-order valence-corrected chi connectivity index (χ0v) is 12.9. The van der Waals surface area contributed by atoms with Crippen LogP contribution in [0.1, 0.15) is 17.5 Å².